The van der Waals surface area contributed by atoms with Crippen molar-refractivity contribution in [3.63, 3.8) is 0 Å². The molecule has 1 saturated carbocycles. The van der Waals surface area contributed by atoms with Gasteiger partial charge in [-0.2, -0.15) is 0 Å². The highest BCUT2D eigenvalue weighted by molar-refractivity contribution is 7.89. The molecule has 21 heavy (non-hydrogen) atoms. The molecule has 6 heteroatoms. The smallest absolute Gasteiger partial charge is 0.244 e. The van der Waals surface area contributed by atoms with E-state index in [9.17, 15) is 8.42 Å². The summed E-state index contributed by atoms with van der Waals surface area (Å²) in [4.78, 5) is 0.264. The summed E-state index contributed by atoms with van der Waals surface area (Å²) < 4.78 is 33.9. The van der Waals surface area contributed by atoms with Crippen LogP contribution in [0.5, 0.6) is 5.75 Å². The number of aryl methyl sites for hydroxylation is 1. The van der Waals surface area contributed by atoms with Gasteiger partial charge >= 0.3 is 0 Å². The van der Waals surface area contributed by atoms with Gasteiger partial charge in [0, 0.05) is 19.0 Å². The van der Waals surface area contributed by atoms with Gasteiger partial charge in [0.15, 0.2) is 0 Å². The van der Waals surface area contributed by atoms with Crippen molar-refractivity contribution >= 4 is 10.0 Å². The predicted octanol–water partition coefficient (Wildman–Crippen LogP) is 1.48. The Morgan fingerprint density at radius 3 is 2.71 bits per heavy atom. The molecule has 0 aromatic heterocycles. The molecule has 0 saturated heterocycles. The van der Waals surface area contributed by atoms with E-state index in [0.717, 1.165) is 36.8 Å². The van der Waals surface area contributed by atoms with Crippen LogP contribution in [0, 0.1) is 6.92 Å². The molecule has 1 atom stereocenters. The third-order valence-corrected chi connectivity index (χ3v) is 5.76. The average molecular weight is 310 g/mol. The van der Waals surface area contributed by atoms with Gasteiger partial charge in [-0.1, -0.05) is 18.9 Å². The molecule has 1 aliphatic heterocycles. The molecule has 1 fully saturated rings. The highest BCUT2D eigenvalue weighted by Gasteiger charge is 2.32. The van der Waals surface area contributed by atoms with Crippen molar-refractivity contribution in [3.05, 3.63) is 23.3 Å². The van der Waals surface area contributed by atoms with E-state index >= 15 is 0 Å². The first-order chi connectivity index (χ1) is 9.99. The number of rotatable bonds is 4. The molecule has 116 valence electrons. The molecule has 1 heterocycles. The van der Waals surface area contributed by atoms with Gasteiger partial charge in [0.2, 0.25) is 10.0 Å². The molecule has 2 aliphatic rings. The molecular weight excluding hydrogens is 288 g/mol. The number of nitrogens with two attached hydrogens (primary N) is 1. The van der Waals surface area contributed by atoms with E-state index in [2.05, 4.69) is 4.72 Å². The van der Waals surface area contributed by atoms with Crippen molar-refractivity contribution in [3.8, 4) is 5.75 Å². The van der Waals surface area contributed by atoms with Gasteiger partial charge in [0.25, 0.3) is 0 Å². The van der Waals surface area contributed by atoms with E-state index in [4.69, 9.17) is 10.5 Å². The maximum absolute atomic E-state index is 12.7. The number of ether oxygens (including phenoxy) is 1. The van der Waals surface area contributed by atoms with Crippen molar-refractivity contribution in [2.45, 2.75) is 56.1 Å². The van der Waals surface area contributed by atoms with Crippen LogP contribution < -0.4 is 15.2 Å². The Hall–Kier alpha value is -1.11. The molecule has 1 aromatic carbocycles. The van der Waals surface area contributed by atoms with Crippen molar-refractivity contribution in [1.82, 2.24) is 4.72 Å². The zero-order valence-corrected chi connectivity index (χ0v) is 13.1. The summed E-state index contributed by atoms with van der Waals surface area (Å²) in [6.45, 7) is 2.30. The average Bonchev–Trinajstić information content (AvgIpc) is 3.05. The summed E-state index contributed by atoms with van der Waals surface area (Å²) in [5.41, 5.74) is 7.53. The third-order valence-electron chi connectivity index (χ3n) is 4.24. The maximum Gasteiger partial charge on any atom is 0.244 e. The second kappa shape index (κ2) is 5.59. The molecule has 0 radical (unpaired) electrons. The van der Waals surface area contributed by atoms with Crippen LogP contribution in [0.4, 0.5) is 0 Å². The van der Waals surface area contributed by atoms with E-state index in [1.54, 1.807) is 6.07 Å². The van der Waals surface area contributed by atoms with Crippen LogP contribution in [0.1, 0.15) is 36.8 Å². The molecule has 3 N–H and O–H groups in total. The lowest BCUT2D eigenvalue weighted by Crippen LogP contribution is -2.33. The fourth-order valence-corrected chi connectivity index (χ4v) is 4.78. The van der Waals surface area contributed by atoms with Crippen molar-refractivity contribution < 1.29 is 13.2 Å². The lowest BCUT2D eigenvalue weighted by molar-refractivity contribution is 0.236. The molecule has 0 amide bonds. The summed E-state index contributed by atoms with van der Waals surface area (Å²) in [7, 11) is -3.54. The van der Waals surface area contributed by atoms with Crippen molar-refractivity contribution in [2.75, 3.05) is 6.54 Å². The van der Waals surface area contributed by atoms with E-state index in [-0.39, 0.29) is 17.0 Å². The normalized spacial score (nSPS) is 22.3. The second-order valence-corrected chi connectivity index (χ2v) is 7.72. The van der Waals surface area contributed by atoms with Crippen LogP contribution in [0.3, 0.4) is 0 Å². The topological polar surface area (TPSA) is 81.4 Å². The van der Waals surface area contributed by atoms with Crippen LogP contribution in [-0.4, -0.2) is 27.1 Å². The van der Waals surface area contributed by atoms with Crippen LogP contribution in [-0.2, 0) is 16.4 Å². The quantitative estimate of drug-likeness (QED) is 0.882. The largest absolute Gasteiger partial charge is 0.487 e. The molecule has 3 rings (SSSR count). The molecule has 5 nitrogen and oxygen atoms in total. The summed E-state index contributed by atoms with van der Waals surface area (Å²) in [6.07, 6.45) is 4.57. The molecule has 1 unspecified atom stereocenters. The number of hydrogen-bond donors (Lipinski definition) is 2. The number of sulfonamides is 1. The van der Waals surface area contributed by atoms with Gasteiger partial charge in [-0.15, -0.1) is 0 Å². The fourth-order valence-electron chi connectivity index (χ4n) is 3.21. The summed E-state index contributed by atoms with van der Waals surface area (Å²) >= 11 is 0. The molecule has 1 aliphatic carbocycles. The van der Waals surface area contributed by atoms with Crippen molar-refractivity contribution in [1.29, 1.82) is 0 Å². The Morgan fingerprint density at radius 2 is 2.05 bits per heavy atom. The Balaban J connectivity index is 1.95. The van der Waals surface area contributed by atoms with E-state index in [1.807, 2.05) is 13.0 Å². The zero-order valence-electron chi connectivity index (χ0n) is 12.3. The third kappa shape index (κ3) is 2.93. The van der Waals surface area contributed by atoms with Gasteiger partial charge in [0.05, 0.1) is 0 Å². The minimum atomic E-state index is -3.54. The van der Waals surface area contributed by atoms with Crippen LogP contribution in [0.2, 0.25) is 0 Å². The van der Waals surface area contributed by atoms with Gasteiger partial charge in [0.1, 0.15) is 16.7 Å². The SMILES string of the molecule is Cc1cc2c(c(S(=O)(=O)NC3CCCC3)c1)OC(CN)C2. The Labute approximate surface area is 125 Å². The molecular formula is C15H22N2O3S. The van der Waals surface area contributed by atoms with E-state index < -0.39 is 10.0 Å². The lowest BCUT2D eigenvalue weighted by Gasteiger charge is -2.16. The van der Waals surface area contributed by atoms with Crippen molar-refractivity contribution in [2.24, 2.45) is 5.73 Å². The van der Waals surface area contributed by atoms with Gasteiger partial charge in [-0.05, 0) is 37.0 Å². The first-order valence-electron chi connectivity index (χ1n) is 7.52. The van der Waals surface area contributed by atoms with E-state index in [0.29, 0.717) is 18.7 Å². The first kappa shape index (κ1) is 14.8. The lowest BCUT2D eigenvalue weighted by atomic mass is 10.1. The number of fused-ring (bicyclic) bond motifs is 1. The minimum Gasteiger partial charge on any atom is -0.487 e. The number of hydrogen-bond acceptors (Lipinski definition) is 4. The maximum atomic E-state index is 12.7. The summed E-state index contributed by atoms with van der Waals surface area (Å²) in [6, 6.07) is 3.73. The fraction of sp³-hybridized carbons (Fsp3) is 0.600. The van der Waals surface area contributed by atoms with E-state index in [1.165, 1.54) is 0 Å². The highest BCUT2D eigenvalue weighted by Crippen LogP contribution is 2.36. The van der Waals surface area contributed by atoms with Gasteiger partial charge < -0.3 is 10.5 Å². The van der Waals surface area contributed by atoms with Crippen LogP contribution in [0.25, 0.3) is 0 Å². The first-order valence-corrected chi connectivity index (χ1v) is 9.00. The molecule has 1 aromatic rings. The Morgan fingerprint density at radius 1 is 1.33 bits per heavy atom. The molecule has 0 bridgehead atoms. The molecule has 0 spiro atoms. The van der Waals surface area contributed by atoms with Crippen LogP contribution >= 0.6 is 0 Å². The Kier molecular flexibility index (Phi) is 3.94. The second-order valence-electron chi connectivity index (χ2n) is 6.03. The Bertz CT molecular complexity index is 637. The number of benzene rings is 1. The standard InChI is InChI=1S/C15H22N2O3S/c1-10-6-11-8-13(9-16)20-15(11)14(7-10)21(18,19)17-12-4-2-3-5-12/h6-7,12-13,17H,2-5,8-9,16H2,1H3. The van der Waals surface area contributed by atoms with Gasteiger partial charge in [-0.3, -0.25) is 0 Å². The monoisotopic (exact) mass is 310 g/mol. The zero-order chi connectivity index (χ0) is 15.0. The highest BCUT2D eigenvalue weighted by atomic mass is 32.2. The van der Waals surface area contributed by atoms with Crippen LogP contribution in [0.15, 0.2) is 17.0 Å². The summed E-state index contributed by atoms with van der Waals surface area (Å²) in [5.74, 6) is 0.488. The number of nitrogens with one attached hydrogen (secondary N) is 1. The minimum absolute atomic E-state index is 0.0536. The van der Waals surface area contributed by atoms with Gasteiger partial charge in [-0.25, -0.2) is 13.1 Å². The predicted molar refractivity (Wildman–Crippen MR) is 80.9 cm³/mol. The summed E-state index contributed by atoms with van der Waals surface area (Å²) in [5, 5.41) is 0.